The molecule has 2 heterocycles. The summed E-state index contributed by atoms with van der Waals surface area (Å²) in [6, 6.07) is 2.09. The molecular formula is C11H17BrN4OS. The standard InChI is InChI=1S/C11H17BrN4OS/c12-9-1-6-18-10(9)7-15-2-4-16(5-3-15)8-11(13)14-17/h1,6,17H,2-5,7-8H2,(H2,13,14). The van der Waals surface area contributed by atoms with Crippen molar-refractivity contribution in [3.05, 3.63) is 20.8 Å². The fourth-order valence-corrected chi connectivity index (χ4v) is 3.53. The highest BCUT2D eigenvalue weighted by Crippen LogP contribution is 2.24. The van der Waals surface area contributed by atoms with Gasteiger partial charge in [0, 0.05) is 42.1 Å². The lowest BCUT2D eigenvalue weighted by molar-refractivity contribution is 0.139. The summed E-state index contributed by atoms with van der Waals surface area (Å²) in [7, 11) is 0. The van der Waals surface area contributed by atoms with E-state index in [2.05, 4.69) is 42.3 Å². The van der Waals surface area contributed by atoms with Crippen molar-refractivity contribution in [3.8, 4) is 0 Å². The molecule has 7 heteroatoms. The van der Waals surface area contributed by atoms with Crippen molar-refractivity contribution in [3.63, 3.8) is 0 Å². The number of piperazine rings is 1. The molecule has 0 atom stereocenters. The molecule has 2 rings (SSSR count). The van der Waals surface area contributed by atoms with Gasteiger partial charge in [-0.2, -0.15) is 0 Å². The Bertz CT molecular complexity index is 415. The first-order chi connectivity index (χ1) is 8.69. The molecule has 0 bridgehead atoms. The van der Waals surface area contributed by atoms with Crippen LogP contribution in [0.3, 0.4) is 0 Å². The largest absolute Gasteiger partial charge is 0.409 e. The third-order valence-electron chi connectivity index (χ3n) is 3.04. The smallest absolute Gasteiger partial charge is 0.153 e. The summed E-state index contributed by atoms with van der Waals surface area (Å²) in [5.41, 5.74) is 5.51. The Kier molecular flexibility index (Phi) is 4.99. The third kappa shape index (κ3) is 3.68. The number of rotatable bonds is 4. The van der Waals surface area contributed by atoms with E-state index in [1.807, 2.05) is 0 Å². The first-order valence-corrected chi connectivity index (χ1v) is 7.49. The van der Waals surface area contributed by atoms with Crippen molar-refractivity contribution < 1.29 is 5.21 Å². The highest BCUT2D eigenvalue weighted by atomic mass is 79.9. The minimum absolute atomic E-state index is 0.282. The summed E-state index contributed by atoms with van der Waals surface area (Å²) in [6.07, 6.45) is 0. The van der Waals surface area contributed by atoms with Gasteiger partial charge in [0.15, 0.2) is 5.84 Å². The van der Waals surface area contributed by atoms with Crippen LogP contribution in [0.5, 0.6) is 0 Å². The van der Waals surface area contributed by atoms with E-state index >= 15 is 0 Å². The van der Waals surface area contributed by atoms with Crippen LogP contribution in [0.15, 0.2) is 21.1 Å². The Morgan fingerprint density at radius 3 is 2.61 bits per heavy atom. The molecule has 3 N–H and O–H groups in total. The average Bonchev–Trinajstić information content (AvgIpc) is 2.77. The molecule has 100 valence electrons. The van der Waals surface area contributed by atoms with Crippen LogP contribution in [-0.2, 0) is 6.54 Å². The summed E-state index contributed by atoms with van der Waals surface area (Å²) in [6.45, 7) is 5.49. The number of thiophene rings is 1. The van der Waals surface area contributed by atoms with Crippen LogP contribution in [0.4, 0.5) is 0 Å². The van der Waals surface area contributed by atoms with E-state index in [1.54, 1.807) is 11.3 Å². The van der Waals surface area contributed by atoms with E-state index in [-0.39, 0.29) is 5.84 Å². The summed E-state index contributed by atoms with van der Waals surface area (Å²) >= 11 is 5.34. The fourth-order valence-electron chi connectivity index (χ4n) is 2.01. The molecule has 1 aromatic rings. The van der Waals surface area contributed by atoms with Crippen LogP contribution in [0, 0.1) is 0 Å². The highest BCUT2D eigenvalue weighted by molar-refractivity contribution is 9.10. The van der Waals surface area contributed by atoms with E-state index in [1.165, 1.54) is 9.35 Å². The minimum atomic E-state index is 0.282. The zero-order valence-corrected chi connectivity index (χ0v) is 12.5. The molecule has 5 nitrogen and oxygen atoms in total. The van der Waals surface area contributed by atoms with Crippen LogP contribution >= 0.6 is 27.3 Å². The lowest BCUT2D eigenvalue weighted by atomic mass is 10.3. The Morgan fingerprint density at radius 1 is 1.39 bits per heavy atom. The number of nitrogens with two attached hydrogens (primary N) is 1. The van der Waals surface area contributed by atoms with Crippen LogP contribution in [-0.4, -0.2) is 53.6 Å². The zero-order chi connectivity index (χ0) is 13.0. The Balaban J connectivity index is 1.78. The second-order valence-corrected chi connectivity index (χ2v) is 6.19. The summed E-state index contributed by atoms with van der Waals surface area (Å²) < 4.78 is 1.20. The molecule has 1 saturated heterocycles. The lowest BCUT2D eigenvalue weighted by Crippen LogP contribution is -2.48. The van der Waals surface area contributed by atoms with Gasteiger partial charge in [0.05, 0.1) is 6.54 Å². The molecule has 18 heavy (non-hydrogen) atoms. The van der Waals surface area contributed by atoms with Gasteiger partial charge in [0.25, 0.3) is 0 Å². The Hall–Kier alpha value is -0.630. The van der Waals surface area contributed by atoms with E-state index in [0.717, 1.165) is 32.7 Å². The molecule has 0 spiro atoms. The molecule has 0 radical (unpaired) electrons. The van der Waals surface area contributed by atoms with Gasteiger partial charge in [0.2, 0.25) is 0 Å². The second-order valence-electron chi connectivity index (χ2n) is 4.34. The van der Waals surface area contributed by atoms with Gasteiger partial charge >= 0.3 is 0 Å². The summed E-state index contributed by atoms with van der Waals surface area (Å²) in [5, 5.41) is 13.7. The van der Waals surface area contributed by atoms with Gasteiger partial charge in [-0.1, -0.05) is 5.16 Å². The molecule has 1 aromatic heterocycles. The van der Waals surface area contributed by atoms with Gasteiger partial charge < -0.3 is 10.9 Å². The van der Waals surface area contributed by atoms with Gasteiger partial charge in [-0.25, -0.2) is 0 Å². The van der Waals surface area contributed by atoms with Crippen molar-refractivity contribution in [2.45, 2.75) is 6.54 Å². The normalized spacial score (nSPS) is 19.3. The number of hydrogen-bond acceptors (Lipinski definition) is 5. The first-order valence-electron chi connectivity index (χ1n) is 5.82. The van der Waals surface area contributed by atoms with Crippen molar-refractivity contribution in [2.75, 3.05) is 32.7 Å². The Morgan fingerprint density at radius 2 is 2.06 bits per heavy atom. The number of oxime groups is 1. The van der Waals surface area contributed by atoms with Crippen molar-refractivity contribution in [2.24, 2.45) is 10.9 Å². The predicted molar refractivity (Wildman–Crippen MR) is 77.1 cm³/mol. The van der Waals surface area contributed by atoms with Crippen LogP contribution in [0.2, 0.25) is 0 Å². The maximum Gasteiger partial charge on any atom is 0.153 e. The molecule has 0 unspecified atom stereocenters. The van der Waals surface area contributed by atoms with Crippen LogP contribution in [0.1, 0.15) is 4.88 Å². The molecule has 1 fully saturated rings. The van der Waals surface area contributed by atoms with E-state index in [0.29, 0.717) is 6.54 Å². The molecule has 0 amide bonds. The minimum Gasteiger partial charge on any atom is -0.409 e. The molecular weight excluding hydrogens is 316 g/mol. The predicted octanol–water partition coefficient (Wildman–Crippen LogP) is 1.37. The second kappa shape index (κ2) is 6.51. The number of nitrogens with zero attached hydrogens (tertiary/aromatic N) is 3. The first kappa shape index (κ1) is 13.8. The molecule has 0 saturated carbocycles. The van der Waals surface area contributed by atoms with Crippen molar-refractivity contribution >= 4 is 33.1 Å². The molecule has 1 aliphatic heterocycles. The lowest BCUT2D eigenvalue weighted by Gasteiger charge is -2.34. The van der Waals surface area contributed by atoms with E-state index < -0.39 is 0 Å². The third-order valence-corrected chi connectivity index (χ3v) is 4.95. The highest BCUT2D eigenvalue weighted by Gasteiger charge is 2.18. The number of hydrogen-bond donors (Lipinski definition) is 2. The fraction of sp³-hybridized carbons (Fsp3) is 0.545. The van der Waals surface area contributed by atoms with Gasteiger partial charge in [0.1, 0.15) is 0 Å². The van der Waals surface area contributed by atoms with Crippen molar-refractivity contribution in [1.29, 1.82) is 0 Å². The summed E-state index contributed by atoms with van der Waals surface area (Å²) in [4.78, 5) is 6.01. The van der Waals surface area contributed by atoms with Crippen LogP contribution < -0.4 is 5.73 Å². The SMILES string of the molecule is NC(CN1CCN(Cc2sccc2Br)CC1)=NO. The summed E-state index contributed by atoms with van der Waals surface area (Å²) in [5.74, 6) is 0.282. The topological polar surface area (TPSA) is 65.1 Å². The van der Waals surface area contributed by atoms with E-state index in [4.69, 9.17) is 10.9 Å². The van der Waals surface area contributed by atoms with E-state index in [9.17, 15) is 0 Å². The molecule has 0 aromatic carbocycles. The van der Waals surface area contributed by atoms with Crippen molar-refractivity contribution in [1.82, 2.24) is 9.80 Å². The molecule has 1 aliphatic rings. The maximum absolute atomic E-state index is 8.54. The number of halogens is 1. The van der Waals surface area contributed by atoms with Crippen LogP contribution in [0.25, 0.3) is 0 Å². The van der Waals surface area contributed by atoms with Gasteiger partial charge in [-0.05, 0) is 27.4 Å². The molecule has 0 aliphatic carbocycles. The van der Waals surface area contributed by atoms with Gasteiger partial charge in [-0.3, -0.25) is 9.80 Å². The number of amidine groups is 1. The van der Waals surface area contributed by atoms with Gasteiger partial charge in [-0.15, -0.1) is 11.3 Å². The average molecular weight is 333 g/mol. The quantitative estimate of drug-likeness (QED) is 0.378. The Labute approximate surface area is 119 Å². The maximum atomic E-state index is 8.54. The zero-order valence-electron chi connectivity index (χ0n) is 10.0. The monoisotopic (exact) mass is 332 g/mol.